The van der Waals surface area contributed by atoms with Crippen LogP contribution in [0.5, 0.6) is 0 Å². The summed E-state index contributed by atoms with van der Waals surface area (Å²) in [6, 6.07) is 8.32. The van der Waals surface area contributed by atoms with E-state index in [0.717, 1.165) is 12.8 Å². The second kappa shape index (κ2) is 6.60. The van der Waals surface area contributed by atoms with Crippen molar-refractivity contribution in [3.05, 3.63) is 35.4 Å². The number of hydrogen-bond donors (Lipinski definition) is 2. The van der Waals surface area contributed by atoms with E-state index in [1.807, 2.05) is 6.07 Å². The van der Waals surface area contributed by atoms with Gasteiger partial charge in [-0.15, -0.1) is 0 Å². The van der Waals surface area contributed by atoms with Gasteiger partial charge in [0, 0.05) is 13.1 Å². The fourth-order valence-corrected chi connectivity index (χ4v) is 3.72. The van der Waals surface area contributed by atoms with E-state index in [9.17, 15) is 9.59 Å². The van der Waals surface area contributed by atoms with E-state index < -0.39 is 5.97 Å². The lowest BCUT2D eigenvalue weighted by Gasteiger charge is -2.34. The van der Waals surface area contributed by atoms with E-state index >= 15 is 0 Å². The molecule has 1 aromatic rings. The third-order valence-electron chi connectivity index (χ3n) is 5.22. The molecule has 1 aliphatic heterocycles. The summed E-state index contributed by atoms with van der Waals surface area (Å²) in [4.78, 5) is 25.2. The summed E-state index contributed by atoms with van der Waals surface area (Å²) in [5.74, 6) is -0.527. The fraction of sp³-hybridized carbons (Fsp3) is 0.556. The topological polar surface area (TPSA) is 69.6 Å². The largest absolute Gasteiger partial charge is 0.481 e. The van der Waals surface area contributed by atoms with Crippen LogP contribution in [0, 0.1) is 5.92 Å². The van der Waals surface area contributed by atoms with Crippen molar-refractivity contribution in [2.24, 2.45) is 5.92 Å². The Morgan fingerprint density at radius 3 is 2.39 bits per heavy atom. The Balaban J connectivity index is 1.63. The molecule has 1 aromatic carbocycles. The van der Waals surface area contributed by atoms with Crippen molar-refractivity contribution in [2.45, 2.75) is 44.6 Å². The molecule has 1 fully saturated rings. The Morgan fingerprint density at radius 2 is 1.74 bits per heavy atom. The third-order valence-corrected chi connectivity index (χ3v) is 5.22. The van der Waals surface area contributed by atoms with Gasteiger partial charge in [-0.1, -0.05) is 31.2 Å². The summed E-state index contributed by atoms with van der Waals surface area (Å²) in [6.07, 6.45) is 3.11. The van der Waals surface area contributed by atoms with Crippen molar-refractivity contribution in [1.29, 1.82) is 0 Å². The summed E-state index contributed by atoms with van der Waals surface area (Å²) in [7, 11) is 0. The van der Waals surface area contributed by atoms with Crippen molar-refractivity contribution < 1.29 is 14.7 Å². The van der Waals surface area contributed by atoms with Gasteiger partial charge in [-0.2, -0.15) is 0 Å². The summed E-state index contributed by atoms with van der Waals surface area (Å²) in [5.41, 5.74) is 2.55. The molecule has 2 unspecified atom stereocenters. The maximum absolute atomic E-state index is 12.5. The predicted molar refractivity (Wildman–Crippen MR) is 87.3 cm³/mol. The van der Waals surface area contributed by atoms with Crippen LogP contribution < -0.4 is 5.32 Å². The molecule has 0 spiro atoms. The number of nitrogens with one attached hydrogen (secondary N) is 1. The molecular weight excluding hydrogens is 292 g/mol. The predicted octanol–water partition coefficient (Wildman–Crippen LogP) is 3.13. The van der Waals surface area contributed by atoms with Crippen LogP contribution in [0.1, 0.15) is 55.7 Å². The second-order valence-electron chi connectivity index (χ2n) is 6.71. The average Bonchev–Trinajstić information content (AvgIpc) is 2.57. The van der Waals surface area contributed by atoms with Crippen LogP contribution in [0.4, 0.5) is 4.79 Å². The minimum absolute atomic E-state index is 0.0621. The van der Waals surface area contributed by atoms with Crippen LogP contribution in [0.25, 0.3) is 0 Å². The summed E-state index contributed by atoms with van der Waals surface area (Å²) >= 11 is 0. The number of carbonyl (C=O) groups excluding carboxylic acids is 1. The number of fused-ring (bicyclic) bond motifs is 1. The van der Waals surface area contributed by atoms with Gasteiger partial charge in [0.1, 0.15) is 0 Å². The highest BCUT2D eigenvalue weighted by atomic mass is 16.4. The minimum atomic E-state index is -0.750. The van der Waals surface area contributed by atoms with E-state index in [2.05, 4.69) is 30.4 Å². The zero-order valence-electron chi connectivity index (χ0n) is 13.5. The van der Waals surface area contributed by atoms with E-state index in [1.54, 1.807) is 4.90 Å². The standard InChI is InChI=1S/C18H24N2O3/c1-12-6-7-16(15-5-3-2-4-14(12)15)19-18(23)20-10-8-13(9-11-20)17(21)22/h2-5,12-13,16H,6-11H2,1H3,(H,19,23)(H,21,22). The smallest absolute Gasteiger partial charge is 0.317 e. The average molecular weight is 316 g/mol. The van der Waals surface area contributed by atoms with Gasteiger partial charge in [0.25, 0.3) is 0 Å². The van der Waals surface area contributed by atoms with Crippen molar-refractivity contribution in [1.82, 2.24) is 10.2 Å². The van der Waals surface area contributed by atoms with Crippen molar-refractivity contribution in [2.75, 3.05) is 13.1 Å². The highest BCUT2D eigenvalue weighted by molar-refractivity contribution is 5.76. The monoisotopic (exact) mass is 316 g/mol. The molecule has 1 aliphatic carbocycles. The molecule has 0 radical (unpaired) electrons. The number of piperidine rings is 1. The van der Waals surface area contributed by atoms with Crippen LogP contribution in [-0.4, -0.2) is 35.1 Å². The molecule has 2 amide bonds. The van der Waals surface area contributed by atoms with Gasteiger partial charge in [0.2, 0.25) is 0 Å². The summed E-state index contributed by atoms with van der Waals surface area (Å²) in [5, 5.41) is 12.2. The summed E-state index contributed by atoms with van der Waals surface area (Å²) in [6.45, 7) is 3.27. The first-order valence-electron chi connectivity index (χ1n) is 8.43. The molecule has 5 heteroatoms. The lowest BCUT2D eigenvalue weighted by Crippen LogP contribution is -2.46. The molecule has 1 heterocycles. The normalized spacial score (nSPS) is 24.8. The number of aliphatic carboxylic acids is 1. The van der Waals surface area contributed by atoms with Gasteiger partial charge in [-0.25, -0.2) is 4.79 Å². The van der Waals surface area contributed by atoms with Crippen LogP contribution in [0.15, 0.2) is 24.3 Å². The SMILES string of the molecule is CC1CCC(NC(=O)N2CCC(C(=O)O)CC2)c2ccccc21. The van der Waals surface area contributed by atoms with Crippen LogP contribution in [0.2, 0.25) is 0 Å². The number of amides is 2. The number of urea groups is 1. The van der Waals surface area contributed by atoms with Gasteiger partial charge < -0.3 is 15.3 Å². The Bertz CT molecular complexity index is 594. The molecule has 5 nitrogen and oxygen atoms in total. The lowest BCUT2D eigenvalue weighted by atomic mass is 9.81. The van der Waals surface area contributed by atoms with Gasteiger partial charge >= 0.3 is 12.0 Å². The summed E-state index contributed by atoms with van der Waals surface area (Å²) < 4.78 is 0. The van der Waals surface area contributed by atoms with Gasteiger partial charge in [0.05, 0.1) is 12.0 Å². The van der Waals surface area contributed by atoms with Crippen molar-refractivity contribution in [3.63, 3.8) is 0 Å². The molecule has 0 saturated carbocycles. The van der Waals surface area contributed by atoms with Gasteiger partial charge in [-0.05, 0) is 42.7 Å². The molecule has 1 saturated heterocycles. The number of likely N-dealkylation sites (tertiary alicyclic amines) is 1. The number of hydrogen-bond acceptors (Lipinski definition) is 2. The Hall–Kier alpha value is -2.04. The minimum Gasteiger partial charge on any atom is -0.481 e. The van der Waals surface area contributed by atoms with Crippen LogP contribution >= 0.6 is 0 Å². The van der Waals surface area contributed by atoms with Gasteiger partial charge in [-0.3, -0.25) is 4.79 Å². The van der Waals surface area contributed by atoms with E-state index in [0.29, 0.717) is 31.8 Å². The van der Waals surface area contributed by atoms with E-state index in [1.165, 1.54) is 11.1 Å². The molecule has 3 rings (SSSR count). The quantitative estimate of drug-likeness (QED) is 0.880. The Morgan fingerprint density at radius 1 is 1.09 bits per heavy atom. The second-order valence-corrected chi connectivity index (χ2v) is 6.71. The molecule has 124 valence electrons. The molecule has 2 aliphatic rings. The molecule has 2 N–H and O–H groups in total. The number of benzene rings is 1. The first kappa shape index (κ1) is 15.8. The zero-order valence-corrected chi connectivity index (χ0v) is 13.5. The number of carbonyl (C=O) groups is 2. The first-order valence-corrected chi connectivity index (χ1v) is 8.43. The molecule has 0 aromatic heterocycles. The Kier molecular flexibility index (Phi) is 4.55. The maximum atomic E-state index is 12.5. The van der Waals surface area contributed by atoms with Gasteiger partial charge in [0.15, 0.2) is 0 Å². The fourth-order valence-electron chi connectivity index (χ4n) is 3.72. The number of carboxylic acids is 1. The zero-order chi connectivity index (χ0) is 16.4. The van der Waals surface area contributed by atoms with E-state index in [4.69, 9.17) is 5.11 Å². The van der Waals surface area contributed by atoms with Crippen molar-refractivity contribution in [3.8, 4) is 0 Å². The van der Waals surface area contributed by atoms with Crippen molar-refractivity contribution >= 4 is 12.0 Å². The van der Waals surface area contributed by atoms with Crippen LogP contribution in [-0.2, 0) is 4.79 Å². The first-order chi connectivity index (χ1) is 11.1. The third kappa shape index (κ3) is 3.33. The molecular formula is C18H24N2O3. The molecule has 2 atom stereocenters. The molecule has 0 bridgehead atoms. The maximum Gasteiger partial charge on any atom is 0.317 e. The number of rotatable bonds is 2. The van der Waals surface area contributed by atoms with E-state index in [-0.39, 0.29) is 18.0 Å². The Labute approximate surface area is 136 Å². The van der Waals surface area contributed by atoms with Crippen LogP contribution in [0.3, 0.4) is 0 Å². The highest BCUT2D eigenvalue weighted by Crippen LogP contribution is 2.37. The highest BCUT2D eigenvalue weighted by Gasteiger charge is 2.30. The lowest BCUT2D eigenvalue weighted by molar-refractivity contribution is -0.143. The number of nitrogens with zero attached hydrogens (tertiary/aromatic N) is 1. The number of carboxylic acid groups (broad SMARTS) is 1. The molecule has 23 heavy (non-hydrogen) atoms.